The molecule has 3 heteroatoms. The van der Waals surface area contributed by atoms with Crippen molar-refractivity contribution < 1.29 is 14.7 Å². The molecular formula is C13H14O3. The van der Waals surface area contributed by atoms with Crippen LogP contribution < -0.4 is 0 Å². The van der Waals surface area contributed by atoms with E-state index in [9.17, 15) is 9.59 Å². The molecule has 0 aliphatic heterocycles. The summed E-state index contributed by atoms with van der Waals surface area (Å²) in [6.45, 7) is 1.94. The largest absolute Gasteiger partial charge is 0.481 e. The Hall–Kier alpha value is -1.64. The maximum absolute atomic E-state index is 11.8. The van der Waals surface area contributed by atoms with Crippen LogP contribution in [0.3, 0.4) is 0 Å². The number of carbonyl (C=O) groups is 2. The molecule has 0 spiro atoms. The van der Waals surface area contributed by atoms with Crippen molar-refractivity contribution in [2.45, 2.75) is 26.2 Å². The molecule has 1 aliphatic rings. The quantitative estimate of drug-likeness (QED) is 0.826. The molecule has 0 saturated heterocycles. The van der Waals surface area contributed by atoms with Gasteiger partial charge in [0.2, 0.25) is 0 Å². The third kappa shape index (κ3) is 1.98. The molecule has 0 radical (unpaired) electrons. The minimum atomic E-state index is -0.838. The molecule has 1 N–H and O–H groups in total. The molecule has 0 bridgehead atoms. The SMILES string of the molecule is CC1CCc2cc(CC(=O)O)ccc2C1=O. The zero-order chi connectivity index (χ0) is 11.7. The van der Waals surface area contributed by atoms with E-state index < -0.39 is 5.97 Å². The highest BCUT2D eigenvalue weighted by molar-refractivity contribution is 6.00. The van der Waals surface area contributed by atoms with Crippen LogP contribution in [-0.4, -0.2) is 16.9 Å². The average Bonchev–Trinajstić information content (AvgIpc) is 2.23. The molecule has 2 rings (SSSR count). The summed E-state index contributed by atoms with van der Waals surface area (Å²) >= 11 is 0. The van der Waals surface area contributed by atoms with E-state index >= 15 is 0 Å². The predicted octanol–water partition coefficient (Wildman–Crippen LogP) is 2.08. The van der Waals surface area contributed by atoms with Crippen molar-refractivity contribution in [3.05, 3.63) is 34.9 Å². The second-order valence-corrected chi connectivity index (χ2v) is 4.37. The summed E-state index contributed by atoms with van der Waals surface area (Å²) in [5.74, 6) is -0.559. The van der Waals surface area contributed by atoms with Crippen LogP contribution in [0.15, 0.2) is 18.2 Å². The van der Waals surface area contributed by atoms with Crippen LogP contribution in [0.25, 0.3) is 0 Å². The van der Waals surface area contributed by atoms with Crippen LogP contribution in [-0.2, 0) is 17.6 Å². The molecule has 1 aliphatic carbocycles. The summed E-state index contributed by atoms with van der Waals surface area (Å²) in [4.78, 5) is 22.4. The van der Waals surface area contributed by atoms with Gasteiger partial charge in [-0.3, -0.25) is 9.59 Å². The Balaban J connectivity index is 2.33. The standard InChI is InChI=1S/C13H14O3/c1-8-2-4-10-6-9(7-12(14)15)3-5-11(10)13(8)16/h3,5-6,8H,2,4,7H2,1H3,(H,14,15). The number of aryl methyl sites for hydroxylation is 1. The third-order valence-corrected chi connectivity index (χ3v) is 3.08. The van der Waals surface area contributed by atoms with E-state index in [-0.39, 0.29) is 18.1 Å². The Labute approximate surface area is 94.1 Å². The van der Waals surface area contributed by atoms with Crippen LogP contribution in [0.4, 0.5) is 0 Å². The number of carboxylic acids is 1. The zero-order valence-corrected chi connectivity index (χ0v) is 9.19. The van der Waals surface area contributed by atoms with Gasteiger partial charge in [-0.25, -0.2) is 0 Å². The lowest BCUT2D eigenvalue weighted by molar-refractivity contribution is -0.136. The van der Waals surface area contributed by atoms with Gasteiger partial charge in [-0.2, -0.15) is 0 Å². The van der Waals surface area contributed by atoms with Crippen molar-refractivity contribution in [3.63, 3.8) is 0 Å². The van der Waals surface area contributed by atoms with Gasteiger partial charge >= 0.3 is 5.97 Å². The van der Waals surface area contributed by atoms with Crippen LogP contribution in [0.1, 0.15) is 34.8 Å². The minimum absolute atomic E-state index is 0.0248. The van der Waals surface area contributed by atoms with Crippen molar-refractivity contribution >= 4 is 11.8 Å². The zero-order valence-electron chi connectivity index (χ0n) is 9.19. The molecule has 0 aromatic heterocycles. The van der Waals surface area contributed by atoms with Gasteiger partial charge in [-0.15, -0.1) is 0 Å². The molecule has 0 saturated carbocycles. The van der Waals surface area contributed by atoms with Crippen molar-refractivity contribution in [2.24, 2.45) is 5.92 Å². The van der Waals surface area contributed by atoms with Crippen LogP contribution in [0.5, 0.6) is 0 Å². The summed E-state index contributed by atoms with van der Waals surface area (Å²) < 4.78 is 0. The topological polar surface area (TPSA) is 54.4 Å². The monoisotopic (exact) mass is 218 g/mol. The van der Waals surface area contributed by atoms with E-state index in [1.54, 1.807) is 12.1 Å². The summed E-state index contributed by atoms with van der Waals surface area (Å²) in [6.07, 6.45) is 1.76. The summed E-state index contributed by atoms with van der Waals surface area (Å²) in [5.41, 5.74) is 2.54. The second kappa shape index (κ2) is 4.08. The molecule has 3 nitrogen and oxygen atoms in total. The first-order valence-electron chi connectivity index (χ1n) is 5.45. The first-order chi connectivity index (χ1) is 7.58. The van der Waals surface area contributed by atoms with Gasteiger partial charge in [0.1, 0.15) is 0 Å². The van der Waals surface area contributed by atoms with Gasteiger partial charge in [0.25, 0.3) is 0 Å². The lowest BCUT2D eigenvalue weighted by Crippen LogP contribution is -2.20. The lowest BCUT2D eigenvalue weighted by Gasteiger charge is -2.20. The van der Waals surface area contributed by atoms with Crippen molar-refractivity contribution in [2.75, 3.05) is 0 Å². The molecule has 0 fully saturated rings. The molecule has 0 amide bonds. The van der Waals surface area contributed by atoms with Crippen molar-refractivity contribution in [3.8, 4) is 0 Å². The molecule has 1 aromatic carbocycles. The molecule has 16 heavy (non-hydrogen) atoms. The molecule has 1 aromatic rings. The highest BCUT2D eigenvalue weighted by Crippen LogP contribution is 2.26. The van der Waals surface area contributed by atoms with Gasteiger partial charge in [0.15, 0.2) is 5.78 Å². The Kier molecular flexibility index (Phi) is 2.77. The number of carboxylic acid groups (broad SMARTS) is 1. The highest BCUT2D eigenvalue weighted by Gasteiger charge is 2.23. The molecule has 1 atom stereocenters. The Morgan fingerprint density at radius 2 is 2.25 bits per heavy atom. The Morgan fingerprint density at radius 1 is 1.50 bits per heavy atom. The number of fused-ring (bicyclic) bond motifs is 1. The van der Waals surface area contributed by atoms with Gasteiger partial charge < -0.3 is 5.11 Å². The van der Waals surface area contributed by atoms with Crippen LogP contribution in [0.2, 0.25) is 0 Å². The number of aliphatic carboxylic acids is 1. The highest BCUT2D eigenvalue weighted by atomic mass is 16.4. The Morgan fingerprint density at radius 3 is 2.94 bits per heavy atom. The average molecular weight is 218 g/mol. The number of Topliss-reactive ketones (excluding diaryl/α,β-unsaturated/α-hetero) is 1. The smallest absolute Gasteiger partial charge is 0.307 e. The fourth-order valence-corrected chi connectivity index (χ4v) is 2.15. The second-order valence-electron chi connectivity index (χ2n) is 4.37. The Bertz CT molecular complexity index is 448. The summed E-state index contributed by atoms with van der Waals surface area (Å²) in [5, 5.41) is 8.70. The van der Waals surface area contributed by atoms with E-state index in [0.29, 0.717) is 0 Å². The van der Waals surface area contributed by atoms with Gasteiger partial charge in [-0.1, -0.05) is 25.1 Å². The van der Waals surface area contributed by atoms with Crippen molar-refractivity contribution in [1.82, 2.24) is 0 Å². The van der Waals surface area contributed by atoms with E-state index in [2.05, 4.69) is 0 Å². The van der Waals surface area contributed by atoms with E-state index in [0.717, 1.165) is 29.5 Å². The molecular weight excluding hydrogens is 204 g/mol. The van der Waals surface area contributed by atoms with E-state index in [1.807, 2.05) is 13.0 Å². The maximum Gasteiger partial charge on any atom is 0.307 e. The first-order valence-corrected chi connectivity index (χ1v) is 5.45. The van der Waals surface area contributed by atoms with Crippen LogP contribution in [0, 0.1) is 5.92 Å². The number of ketones is 1. The summed E-state index contributed by atoms with van der Waals surface area (Å²) in [6, 6.07) is 5.36. The number of benzene rings is 1. The number of carbonyl (C=O) groups excluding carboxylic acids is 1. The normalized spacial score (nSPS) is 19.3. The number of hydrogen-bond donors (Lipinski definition) is 1. The molecule has 1 unspecified atom stereocenters. The molecule has 84 valence electrons. The van der Waals surface area contributed by atoms with Gasteiger partial charge in [0.05, 0.1) is 6.42 Å². The van der Waals surface area contributed by atoms with E-state index in [4.69, 9.17) is 5.11 Å². The fourth-order valence-electron chi connectivity index (χ4n) is 2.15. The van der Waals surface area contributed by atoms with Gasteiger partial charge in [0, 0.05) is 11.5 Å². The number of hydrogen-bond acceptors (Lipinski definition) is 2. The maximum atomic E-state index is 11.8. The summed E-state index contributed by atoms with van der Waals surface area (Å²) in [7, 11) is 0. The van der Waals surface area contributed by atoms with Crippen molar-refractivity contribution in [1.29, 1.82) is 0 Å². The van der Waals surface area contributed by atoms with Crippen LogP contribution >= 0.6 is 0 Å². The first kappa shape index (κ1) is 10.9. The number of rotatable bonds is 2. The third-order valence-electron chi connectivity index (χ3n) is 3.08. The van der Waals surface area contributed by atoms with E-state index in [1.165, 1.54) is 0 Å². The fraction of sp³-hybridized carbons (Fsp3) is 0.385. The molecule has 0 heterocycles. The van der Waals surface area contributed by atoms with Gasteiger partial charge in [-0.05, 0) is 24.0 Å². The minimum Gasteiger partial charge on any atom is -0.481 e. The predicted molar refractivity (Wildman–Crippen MR) is 59.6 cm³/mol. The lowest BCUT2D eigenvalue weighted by atomic mass is 9.83.